The summed E-state index contributed by atoms with van der Waals surface area (Å²) < 4.78 is 0. The number of likely N-dealkylation sites (tertiary alicyclic amines) is 1. The van der Waals surface area contributed by atoms with Crippen molar-refractivity contribution in [3.05, 3.63) is 23.8 Å². The monoisotopic (exact) mass is 389 g/mol. The largest absolute Gasteiger partial charge is 0.396 e. The normalized spacial score (nSPS) is 24.7. The Balaban J connectivity index is 1.69. The van der Waals surface area contributed by atoms with Crippen molar-refractivity contribution >= 4 is 5.91 Å². The molecule has 28 heavy (non-hydrogen) atoms. The average molecular weight is 390 g/mol. The number of likely N-dealkylation sites (N-methyl/N-ethyl adjacent to an activating group) is 1. The van der Waals surface area contributed by atoms with E-state index in [-0.39, 0.29) is 18.4 Å². The highest BCUT2D eigenvalue weighted by atomic mass is 16.3. The van der Waals surface area contributed by atoms with Crippen molar-refractivity contribution in [2.24, 2.45) is 5.92 Å². The van der Waals surface area contributed by atoms with Crippen molar-refractivity contribution in [3.63, 3.8) is 0 Å². The predicted molar refractivity (Wildman–Crippen MR) is 109 cm³/mol. The molecular weight excluding hydrogens is 354 g/mol. The summed E-state index contributed by atoms with van der Waals surface area (Å²) in [6.07, 6.45) is 4.43. The van der Waals surface area contributed by atoms with Crippen molar-refractivity contribution in [3.8, 4) is 0 Å². The summed E-state index contributed by atoms with van der Waals surface area (Å²) in [4.78, 5) is 28.8. The van der Waals surface area contributed by atoms with Crippen LogP contribution in [0.1, 0.15) is 55.3 Å². The topological polar surface area (TPSA) is 72.8 Å². The molecule has 2 fully saturated rings. The van der Waals surface area contributed by atoms with Gasteiger partial charge >= 0.3 is 0 Å². The zero-order chi connectivity index (χ0) is 20.1. The lowest BCUT2D eigenvalue weighted by atomic mass is 9.86. The minimum absolute atomic E-state index is 0.00938. The molecule has 2 saturated heterocycles. The zero-order valence-corrected chi connectivity index (χ0v) is 17.5. The predicted octanol–water partition coefficient (Wildman–Crippen LogP) is 1.45. The SMILES string of the molecule is CC(C)c1nccc(C(=O)N2CC[C@H](N3CCN(C)CC3)[C@H](CCCO)C2)n1. The van der Waals surface area contributed by atoms with E-state index in [9.17, 15) is 9.90 Å². The maximum absolute atomic E-state index is 13.1. The summed E-state index contributed by atoms with van der Waals surface area (Å²) in [5, 5.41) is 9.35. The van der Waals surface area contributed by atoms with E-state index in [1.807, 2.05) is 18.7 Å². The molecule has 0 aromatic carbocycles. The molecule has 0 spiro atoms. The van der Waals surface area contributed by atoms with Crippen LogP contribution in [-0.4, -0.2) is 94.6 Å². The van der Waals surface area contributed by atoms with Crippen LogP contribution < -0.4 is 0 Å². The number of piperazine rings is 1. The van der Waals surface area contributed by atoms with Gasteiger partial charge in [-0.15, -0.1) is 0 Å². The first kappa shape index (κ1) is 21.1. The summed E-state index contributed by atoms with van der Waals surface area (Å²) >= 11 is 0. The maximum Gasteiger partial charge on any atom is 0.272 e. The van der Waals surface area contributed by atoms with Gasteiger partial charge in [0.2, 0.25) is 0 Å². The van der Waals surface area contributed by atoms with Crippen molar-refractivity contribution in [1.82, 2.24) is 24.7 Å². The van der Waals surface area contributed by atoms with E-state index in [2.05, 4.69) is 26.8 Å². The quantitative estimate of drug-likeness (QED) is 0.794. The number of aliphatic hydroxyl groups excluding tert-OH is 1. The van der Waals surface area contributed by atoms with E-state index in [0.717, 1.165) is 64.4 Å². The Morgan fingerprint density at radius 2 is 2.00 bits per heavy atom. The van der Waals surface area contributed by atoms with Crippen molar-refractivity contribution in [2.75, 3.05) is 52.9 Å². The number of piperidine rings is 1. The second kappa shape index (κ2) is 9.76. The Morgan fingerprint density at radius 3 is 2.68 bits per heavy atom. The number of hydrogen-bond acceptors (Lipinski definition) is 6. The van der Waals surface area contributed by atoms with Crippen LogP contribution in [0.3, 0.4) is 0 Å². The number of hydrogen-bond donors (Lipinski definition) is 1. The van der Waals surface area contributed by atoms with E-state index in [4.69, 9.17) is 0 Å². The third kappa shape index (κ3) is 5.07. The Labute approximate surface area is 168 Å². The average Bonchev–Trinajstić information content (AvgIpc) is 2.72. The van der Waals surface area contributed by atoms with Crippen molar-refractivity contribution in [1.29, 1.82) is 0 Å². The van der Waals surface area contributed by atoms with E-state index in [1.54, 1.807) is 12.3 Å². The molecule has 1 aromatic rings. The van der Waals surface area contributed by atoms with Gasteiger partial charge in [-0.05, 0) is 38.3 Å². The number of aliphatic hydroxyl groups is 1. The molecule has 0 radical (unpaired) electrons. The van der Waals surface area contributed by atoms with Gasteiger partial charge in [-0.2, -0.15) is 0 Å². The van der Waals surface area contributed by atoms with Crippen LogP contribution in [0, 0.1) is 5.92 Å². The number of nitrogens with zero attached hydrogens (tertiary/aromatic N) is 5. The molecule has 0 aliphatic carbocycles. The van der Waals surface area contributed by atoms with Gasteiger partial charge in [0.1, 0.15) is 11.5 Å². The lowest BCUT2D eigenvalue weighted by molar-refractivity contribution is 0.0215. The second-order valence-electron chi connectivity index (χ2n) is 8.53. The van der Waals surface area contributed by atoms with Crippen LogP contribution in [0.25, 0.3) is 0 Å². The minimum atomic E-state index is 0.00938. The standard InChI is InChI=1S/C21H35N5O2/c1-16(2)20-22-8-6-18(23-20)21(28)26-9-7-19(17(15-26)5-4-14-27)25-12-10-24(3)11-13-25/h6,8,16-17,19,27H,4-5,7,9-15H2,1-3H3/t17-,19+/m1/s1. The molecule has 2 atom stereocenters. The fourth-order valence-corrected chi connectivity index (χ4v) is 4.41. The molecular formula is C21H35N5O2. The van der Waals surface area contributed by atoms with Crippen LogP contribution in [0.5, 0.6) is 0 Å². The molecule has 1 N–H and O–H groups in total. The van der Waals surface area contributed by atoms with Crippen molar-refractivity contribution < 1.29 is 9.90 Å². The first-order chi connectivity index (χ1) is 13.5. The summed E-state index contributed by atoms with van der Waals surface area (Å²) in [6.45, 7) is 10.2. The fraction of sp³-hybridized carbons (Fsp3) is 0.762. The molecule has 1 aromatic heterocycles. The molecule has 3 heterocycles. The molecule has 156 valence electrons. The highest BCUT2D eigenvalue weighted by Gasteiger charge is 2.36. The Bertz CT molecular complexity index is 645. The van der Waals surface area contributed by atoms with E-state index < -0.39 is 0 Å². The summed E-state index contributed by atoms with van der Waals surface area (Å²) in [5.74, 6) is 1.33. The van der Waals surface area contributed by atoms with E-state index in [0.29, 0.717) is 17.7 Å². The number of amides is 1. The minimum Gasteiger partial charge on any atom is -0.396 e. The lowest BCUT2D eigenvalue weighted by Crippen LogP contribution is -2.57. The molecule has 3 rings (SSSR count). The molecule has 7 heteroatoms. The Hall–Kier alpha value is -1.57. The first-order valence-electron chi connectivity index (χ1n) is 10.6. The van der Waals surface area contributed by atoms with Gasteiger partial charge in [-0.25, -0.2) is 9.97 Å². The van der Waals surface area contributed by atoms with E-state index >= 15 is 0 Å². The van der Waals surface area contributed by atoms with E-state index in [1.165, 1.54) is 0 Å². The number of aromatic nitrogens is 2. The second-order valence-corrected chi connectivity index (χ2v) is 8.53. The Kier molecular flexibility index (Phi) is 7.37. The number of rotatable bonds is 6. The molecule has 2 aliphatic heterocycles. The molecule has 0 bridgehead atoms. The van der Waals surface area contributed by atoms with Crippen molar-refractivity contribution in [2.45, 2.75) is 45.1 Å². The van der Waals surface area contributed by atoms with Crippen LogP contribution in [-0.2, 0) is 0 Å². The van der Waals surface area contributed by atoms with Gasteiger partial charge in [0, 0.05) is 64.0 Å². The van der Waals surface area contributed by atoms with Gasteiger partial charge < -0.3 is 14.9 Å². The first-order valence-corrected chi connectivity index (χ1v) is 10.6. The van der Waals surface area contributed by atoms with Gasteiger partial charge in [0.15, 0.2) is 0 Å². The van der Waals surface area contributed by atoms with Gasteiger partial charge in [-0.1, -0.05) is 13.8 Å². The van der Waals surface area contributed by atoms with Gasteiger partial charge in [0.25, 0.3) is 5.91 Å². The lowest BCUT2D eigenvalue weighted by Gasteiger charge is -2.46. The highest BCUT2D eigenvalue weighted by molar-refractivity contribution is 5.92. The Morgan fingerprint density at radius 1 is 1.25 bits per heavy atom. The van der Waals surface area contributed by atoms with Crippen LogP contribution in [0.15, 0.2) is 12.3 Å². The third-order valence-corrected chi connectivity index (χ3v) is 6.13. The summed E-state index contributed by atoms with van der Waals surface area (Å²) in [5.41, 5.74) is 0.498. The van der Waals surface area contributed by atoms with Crippen LogP contribution >= 0.6 is 0 Å². The molecule has 0 saturated carbocycles. The molecule has 7 nitrogen and oxygen atoms in total. The zero-order valence-electron chi connectivity index (χ0n) is 17.5. The summed E-state index contributed by atoms with van der Waals surface area (Å²) in [7, 11) is 2.18. The molecule has 2 aliphatic rings. The highest BCUT2D eigenvalue weighted by Crippen LogP contribution is 2.28. The molecule has 0 unspecified atom stereocenters. The number of carbonyl (C=O) groups is 1. The van der Waals surface area contributed by atoms with Gasteiger partial charge in [0.05, 0.1) is 0 Å². The van der Waals surface area contributed by atoms with Crippen LogP contribution in [0.4, 0.5) is 0 Å². The maximum atomic E-state index is 13.1. The summed E-state index contributed by atoms with van der Waals surface area (Å²) in [6, 6.07) is 2.23. The van der Waals surface area contributed by atoms with Gasteiger partial charge in [-0.3, -0.25) is 9.69 Å². The third-order valence-electron chi connectivity index (χ3n) is 6.13. The molecule has 1 amide bonds. The van der Waals surface area contributed by atoms with Crippen LogP contribution in [0.2, 0.25) is 0 Å². The smallest absolute Gasteiger partial charge is 0.272 e. The fourth-order valence-electron chi connectivity index (χ4n) is 4.41. The number of carbonyl (C=O) groups excluding carboxylic acids is 1.